The van der Waals surface area contributed by atoms with Crippen molar-refractivity contribution < 1.29 is 13.2 Å². The van der Waals surface area contributed by atoms with Gasteiger partial charge in [-0.15, -0.1) is 0 Å². The number of sulfone groups is 1. The first kappa shape index (κ1) is 18.4. The van der Waals surface area contributed by atoms with Crippen LogP contribution < -0.4 is 5.32 Å². The van der Waals surface area contributed by atoms with Gasteiger partial charge >= 0.3 is 0 Å². The average molecular weight is 291 g/mol. The van der Waals surface area contributed by atoms with Crippen LogP contribution >= 0.6 is 0 Å². The maximum absolute atomic E-state index is 11.0. The van der Waals surface area contributed by atoms with Crippen molar-refractivity contribution in [2.75, 3.05) is 18.6 Å². The molecule has 5 heteroatoms. The Bertz CT molecular complexity index is 326. The highest BCUT2D eigenvalue weighted by Gasteiger charge is 2.00. The molecule has 0 unspecified atom stereocenters. The van der Waals surface area contributed by atoms with E-state index in [2.05, 4.69) is 5.32 Å². The van der Waals surface area contributed by atoms with E-state index in [9.17, 15) is 13.2 Å². The van der Waals surface area contributed by atoms with Crippen molar-refractivity contribution in [2.24, 2.45) is 0 Å². The molecule has 0 spiro atoms. The molecule has 1 N–H and O–H groups in total. The fraction of sp³-hybridized carbons (Fsp3) is 0.929. The monoisotopic (exact) mass is 291 g/mol. The zero-order valence-electron chi connectivity index (χ0n) is 12.4. The molecular formula is C14H29NO3S. The average Bonchev–Trinajstić information content (AvgIpc) is 2.34. The van der Waals surface area contributed by atoms with Gasteiger partial charge in [0.1, 0.15) is 9.84 Å². The maximum Gasteiger partial charge on any atom is 0.219 e. The van der Waals surface area contributed by atoms with Crippen LogP contribution in [-0.2, 0) is 14.6 Å². The van der Waals surface area contributed by atoms with Crippen LogP contribution in [0.2, 0.25) is 0 Å². The van der Waals surface area contributed by atoms with Gasteiger partial charge in [0.25, 0.3) is 0 Å². The zero-order chi connectivity index (χ0) is 14.6. The summed E-state index contributed by atoms with van der Waals surface area (Å²) in [4.78, 5) is 11.0. The summed E-state index contributed by atoms with van der Waals surface area (Å²) in [5.41, 5.74) is 0. The molecule has 0 radical (unpaired) electrons. The van der Waals surface area contributed by atoms with Crippen molar-refractivity contribution in [3.05, 3.63) is 0 Å². The van der Waals surface area contributed by atoms with Gasteiger partial charge in [-0.3, -0.25) is 4.79 Å². The number of amides is 1. The Morgan fingerprint density at radius 1 is 0.895 bits per heavy atom. The highest BCUT2D eigenvalue weighted by Crippen LogP contribution is 2.08. The second-order valence-electron chi connectivity index (χ2n) is 5.16. The van der Waals surface area contributed by atoms with Crippen LogP contribution in [0.5, 0.6) is 0 Å². The van der Waals surface area contributed by atoms with Gasteiger partial charge in [-0.1, -0.05) is 45.4 Å². The predicted molar refractivity (Wildman–Crippen MR) is 79.9 cm³/mol. The van der Waals surface area contributed by atoms with Crippen LogP contribution in [-0.4, -0.2) is 32.9 Å². The Balaban J connectivity index is 3.13. The third-order valence-electron chi connectivity index (χ3n) is 3.09. The molecule has 0 heterocycles. The number of carbonyl (C=O) groups is 1. The van der Waals surface area contributed by atoms with Gasteiger partial charge in [0.15, 0.2) is 0 Å². The fourth-order valence-electron chi connectivity index (χ4n) is 1.90. The van der Waals surface area contributed by atoms with Crippen molar-refractivity contribution in [3.63, 3.8) is 0 Å². The van der Waals surface area contributed by atoms with Gasteiger partial charge in [-0.05, 0) is 12.8 Å². The van der Waals surface area contributed by atoms with Crippen molar-refractivity contribution in [3.8, 4) is 0 Å². The van der Waals surface area contributed by atoms with Gasteiger partial charge in [0, 0.05) is 25.0 Å². The third kappa shape index (κ3) is 15.4. The molecule has 0 atom stereocenters. The lowest BCUT2D eigenvalue weighted by Crippen LogP contribution is -2.23. The van der Waals surface area contributed by atoms with Gasteiger partial charge in [-0.2, -0.15) is 0 Å². The quantitative estimate of drug-likeness (QED) is 0.562. The lowest BCUT2D eigenvalue weighted by Gasteiger charge is -2.04. The standard InChI is InChI=1S/C14H29NO3S/c1-3-14(16)15-12-10-8-6-4-5-7-9-11-13-19(2,17)18/h3-13H2,1-2H3,(H,15,16). The predicted octanol–water partition coefficient (Wildman–Crippen LogP) is 2.68. The van der Waals surface area contributed by atoms with Crippen LogP contribution in [0.25, 0.3) is 0 Å². The summed E-state index contributed by atoms with van der Waals surface area (Å²) in [6, 6.07) is 0. The smallest absolute Gasteiger partial charge is 0.219 e. The third-order valence-corrected chi connectivity index (χ3v) is 4.12. The normalized spacial score (nSPS) is 11.5. The van der Waals surface area contributed by atoms with Crippen LogP contribution in [0, 0.1) is 0 Å². The Hall–Kier alpha value is -0.580. The van der Waals surface area contributed by atoms with Crippen LogP contribution in [0.3, 0.4) is 0 Å². The van der Waals surface area contributed by atoms with E-state index in [1.807, 2.05) is 6.92 Å². The van der Waals surface area contributed by atoms with Crippen LogP contribution in [0.15, 0.2) is 0 Å². The Morgan fingerprint density at radius 2 is 1.37 bits per heavy atom. The topological polar surface area (TPSA) is 63.2 Å². The van der Waals surface area contributed by atoms with E-state index in [0.717, 1.165) is 38.6 Å². The van der Waals surface area contributed by atoms with Crippen molar-refractivity contribution >= 4 is 15.7 Å². The van der Waals surface area contributed by atoms with E-state index < -0.39 is 9.84 Å². The lowest BCUT2D eigenvalue weighted by molar-refractivity contribution is -0.120. The maximum atomic E-state index is 11.0. The van der Waals surface area contributed by atoms with E-state index in [0.29, 0.717) is 12.2 Å². The summed E-state index contributed by atoms with van der Waals surface area (Å²) >= 11 is 0. The first-order valence-electron chi connectivity index (χ1n) is 7.40. The first-order chi connectivity index (χ1) is 8.95. The molecule has 0 aliphatic heterocycles. The Morgan fingerprint density at radius 3 is 1.84 bits per heavy atom. The minimum atomic E-state index is -2.78. The van der Waals surface area contributed by atoms with Crippen LogP contribution in [0.1, 0.15) is 64.7 Å². The minimum absolute atomic E-state index is 0.130. The molecule has 0 fully saturated rings. The lowest BCUT2D eigenvalue weighted by atomic mass is 10.1. The van der Waals surface area contributed by atoms with E-state index >= 15 is 0 Å². The second-order valence-corrected chi connectivity index (χ2v) is 7.42. The first-order valence-corrected chi connectivity index (χ1v) is 9.46. The summed E-state index contributed by atoms with van der Waals surface area (Å²) in [7, 11) is -2.78. The number of unbranched alkanes of at least 4 members (excludes halogenated alkanes) is 7. The molecule has 19 heavy (non-hydrogen) atoms. The summed E-state index contributed by atoms with van der Waals surface area (Å²) in [5, 5.41) is 2.87. The Labute approximate surface area is 118 Å². The molecular weight excluding hydrogens is 262 g/mol. The second kappa shape index (κ2) is 11.3. The minimum Gasteiger partial charge on any atom is -0.356 e. The van der Waals surface area contributed by atoms with Crippen molar-refractivity contribution in [1.82, 2.24) is 5.32 Å². The highest BCUT2D eigenvalue weighted by molar-refractivity contribution is 7.90. The number of hydrogen-bond acceptors (Lipinski definition) is 3. The van der Waals surface area contributed by atoms with Gasteiger partial charge in [0.05, 0.1) is 0 Å². The van der Waals surface area contributed by atoms with Crippen molar-refractivity contribution in [2.45, 2.75) is 64.7 Å². The van der Waals surface area contributed by atoms with E-state index in [1.165, 1.54) is 25.5 Å². The number of nitrogens with one attached hydrogen (secondary N) is 1. The summed E-state index contributed by atoms with van der Waals surface area (Å²) < 4.78 is 21.8. The molecule has 114 valence electrons. The molecule has 0 saturated heterocycles. The van der Waals surface area contributed by atoms with E-state index in [-0.39, 0.29) is 5.91 Å². The SMILES string of the molecule is CCC(=O)NCCCCCCCCCCS(C)(=O)=O. The van der Waals surface area contributed by atoms with Gasteiger partial charge in [-0.25, -0.2) is 8.42 Å². The molecule has 0 rings (SSSR count). The number of hydrogen-bond donors (Lipinski definition) is 1. The van der Waals surface area contributed by atoms with Crippen molar-refractivity contribution in [1.29, 1.82) is 0 Å². The van der Waals surface area contributed by atoms with Gasteiger partial charge in [0.2, 0.25) is 5.91 Å². The molecule has 0 aromatic rings. The molecule has 0 aliphatic rings. The molecule has 0 aliphatic carbocycles. The molecule has 0 bridgehead atoms. The van der Waals surface area contributed by atoms with Gasteiger partial charge < -0.3 is 5.32 Å². The Kier molecular flexibility index (Phi) is 10.9. The molecule has 0 aromatic heterocycles. The zero-order valence-corrected chi connectivity index (χ0v) is 13.2. The van der Waals surface area contributed by atoms with Crippen LogP contribution in [0.4, 0.5) is 0 Å². The molecule has 0 saturated carbocycles. The largest absolute Gasteiger partial charge is 0.356 e. The molecule has 4 nitrogen and oxygen atoms in total. The molecule has 1 amide bonds. The van der Waals surface area contributed by atoms with E-state index in [4.69, 9.17) is 0 Å². The number of rotatable bonds is 12. The van der Waals surface area contributed by atoms with E-state index in [1.54, 1.807) is 0 Å². The summed E-state index contributed by atoms with van der Waals surface area (Å²) in [5.74, 6) is 0.454. The fourth-order valence-corrected chi connectivity index (χ4v) is 2.63. The number of carbonyl (C=O) groups excluding carboxylic acids is 1. The summed E-state index contributed by atoms with van der Waals surface area (Å²) in [6.07, 6.45) is 10.6. The summed E-state index contributed by atoms with van der Waals surface area (Å²) in [6.45, 7) is 2.65. The highest BCUT2D eigenvalue weighted by atomic mass is 32.2. The molecule has 0 aromatic carbocycles.